The first kappa shape index (κ1) is 10.4. The van der Waals surface area contributed by atoms with Gasteiger partial charge >= 0.3 is 0 Å². The van der Waals surface area contributed by atoms with Crippen molar-refractivity contribution in [3.63, 3.8) is 0 Å². The van der Waals surface area contributed by atoms with Crippen LogP contribution >= 0.6 is 0 Å². The molecule has 2 fully saturated rings. The minimum Gasteiger partial charge on any atom is -0.390 e. The zero-order valence-electron chi connectivity index (χ0n) is 8.41. The van der Waals surface area contributed by atoms with Crippen molar-refractivity contribution in [3.05, 3.63) is 0 Å². The van der Waals surface area contributed by atoms with Crippen molar-refractivity contribution >= 4 is 9.84 Å². The lowest BCUT2D eigenvalue weighted by molar-refractivity contribution is 0.130. The maximum Gasteiger partial charge on any atom is 0.150 e. The molecule has 1 N–H and O–H groups in total. The van der Waals surface area contributed by atoms with Gasteiger partial charge in [0, 0.05) is 0 Å². The SMILES string of the molecule is O=S1(=O)CCCC(CCC2(O)CC2)C1. The summed E-state index contributed by atoms with van der Waals surface area (Å²) in [5, 5.41) is 9.64. The monoisotopic (exact) mass is 218 g/mol. The molecule has 0 bridgehead atoms. The average molecular weight is 218 g/mol. The van der Waals surface area contributed by atoms with Gasteiger partial charge in [0.05, 0.1) is 17.1 Å². The van der Waals surface area contributed by atoms with E-state index >= 15 is 0 Å². The lowest BCUT2D eigenvalue weighted by Crippen LogP contribution is -2.26. The van der Waals surface area contributed by atoms with Gasteiger partial charge in [-0.3, -0.25) is 0 Å². The fourth-order valence-corrected chi connectivity index (χ4v) is 4.04. The first-order valence-corrected chi connectivity index (χ1v) is 7.24. The van der Waals surface area contributed by atoms with Crippen LogP contribution in [0.5, 0.6) is 0 Å². The number of sulfone groups is 1. The highest BCUT2D eigenvalue weighted by molar-refractivity contribution is 7.91. The Morgan fingerprint density at radius 1 is 1.36 bits per heavy atom. The van der Waals surface area contributed by atoms with E-state index in [-0.39, 0.29) is 0 Å². The Morgan fingerprint density at radius 2 is 2.07 bits per heavy atom. The zero-order chi connectivity index (χ0) is 10.2. The molecule has 14 heavy (non-hydrogen) atoms. The van der Waals surface area contributed by atoms with E-state index in [1.54, 1.807) is 0 Å². The Morgan fingerprint density at radius 3 is 2.64 bits per heavy atom. The molecular formula is C10H18O3S. The Balaban J connectivity index is 1.80. The molecule has 0 aromatic rings. The minimum absolute atomic E-state index is 0.304. The van der Waals surface area contributed by atoms with Crippen molar-refractivity contribution in [1.29, 1.82) is 0 Å². The van der Waals surface area contributed by atoms with E-state index in [9.17, 15) is 13.5 Å². The van der Waals surface area contributed by atoms with Gasteiger partial charge in [0.15, 0.2) is 9.84 Å². The quantitative estimate of drug-likeness (QED) is 0.772. The van der Waals surface area contributed by atoms with Crippen molar-refractivity contribution in [2.45, 2.75) is 44.1 Å². The van der Waals surface area contributed by atoms with Crippen LogP contribution < -0.4 is 0 Å². The van der Waals surface area contributed by atoms with E-state index in [0.717, 1.165) is 38.5 Å². The summed E-state index contributed by atoms with van der Waals surface area (Å²) in [5.74, 6) is 1.02. The molecule has 1 aliphatic heterocycles. The Labute approximate surface area is 85.4 Å². The van der Waals surface area contributed by atoms with Gasteiger partial charge in [0.25, 0.3) is 0 Å². The number of rotatable bonds is 3. The van der Waals surface area contributed by atoms with Crippen LogP contribution in [0.25, 0.3) is 0 Å². The molecule has 82 valence electrons. The molecular weight excluding hydrogens is 200 g/mol. The third kappa shape index (κ3) is 2.70. The second kappa shape index (κ2) is 3.49. The highest BCUT2D eigenvalue weighted by Gasteiger charge is 2.40. The third-order valence-corrected chi connectivity index (χ3v) is 5.29. The first-order chi connectivity index (χ1) is 6.49. The highest BCUT2D eigenvalue weighted by atomic mass is 32.2. The third-order valence-electron chi connectivity index (χ3n) is 3.40. The predicted octanol–water partition coefficient (Wildman–Crippen LogP) is 1.12. The van der Waals surface area contributed by atoms with Crippen molar-refractivity contribution in [3.8, 4) is 0 Å². The van der Waals surface area contributed by atoms with Gasteiger partial charge in [-0.25, -0.2) is 8.42 Å². The van der Waals surface area contributed by atoms with E-state index < -0.39 is 15.4 Å². The number of aliphatic hydroxyl groups is 1. The van der Waals surface area contributed by atoms with Gasteiger partial charge in [-0.2, -0.15) is 0 Å². The first-order valence-electron chi connectivity index (χ1n) is 5.42. The molecule has 1 saturated carbocycles. The second-order valence-corrected chi connectivity index (χ2v) is 7.11. The molecule has 2 aliphatic rings. The van der Waals surface area contributed by atoms with E-state index in [4.69, 9.17) is 0 Å². The van der Waals surface area contributed by atoms with Crippen LogP contribution in [-0.2, 0) is 9.84 Å². The summed E-state index contributed by atoms with van der Waals surface area (Å²) in [5.41, 5.74) is -0.415. The molecule has 0 aromatic heterocycles. The van der Waals surface area contributed by atoms with Crippen molar-refractivity contribution < 1.29 is 13.5 Å². The highest BCUT2D eigenvalue weighted by Crippen LogP contribution is 2.41. The smallest absolute Gasteiger partial charge is 0.150 e. The molecule has 1 heterocycles. The maximum atomic E-state index is 11.3. The Hall–Kier alpha value is -0.0900. The number of hydrogen-bond donors (Lipinski definition) is 1. The lowest BCUT2D eigenvalue weighted by Gasteiger charge is -2.22. The van der Waals surface area contributed by atoms with Crippen molar-refractivity contribution in [1.82, 2.24) is 0 Å². The molecule has 3 nitrogen and oxygen atoms in total. The molecule has 0 aromatic carbocycles. The summed E-state index contributed by atoms with van der Waals surface area (Å²) in [4.78, 5) is 0. The van der Waals surface area contributed by atoms with Gasteiger partial charge in [0.1, 0.15) is 0 Å². The molecule has 4 heteroatoms. The van der Waals surface area contributed by atoms with Gasteiger partial charge < -0.3 is 5.11 Å². The largest absolute Gasteiger partial charge is 0.390 e. The zero-order valence-corrected chi connectivity index (χ0v) is 9.22. The average Bonchev–Trinajstić information content (AvgIpc) is 2.80. The van der Waals surface area contributed by atoms with Gasteiger partial charge in [-0.15, -0.1) is 0 Å². The molecule has 0 spiro atoms. The lowest BCUT2D eigenvalue weighted by atomic mass is 9.97. The van der Waals surface area contributed by atoms with Gasteiger partial charge in [-0.05, 0) is 44.4 Å². The Kier molecular flexibility index (Phi) is 2.60. The van der Waals surface area contributed by atoms with Crippen LogP contribution in [0.4, 0.5) is 0 Å². The molecule has 0 amide bonds. The topological polar surface area (TPSA) is 54.4 Å². The molecule has 1 unspecified atom stereocenters. The van der Waals surface area contributed by atoms with Crippen molar-refractivity contribution in [2.75, 3.05) is 11.5 Å². The van der Waals surface area contributed by atoms with E-state index in [2.05, 4.69) is 0 Å². The summed E-state index contributed by atoms with van der Waals surface area (Å²) in [6, 6.07) is 0. The van der Waals surface area contributed by atoms with Gasteiger partial charge in [0.2, 0.25) is 0 Å². The summed E-state index contributed by atoms with van der Waals surface area (Å²) in [6.45, 7) is 0. The van der Waals surface area contributed by atoms with E-state index in [1.807, 2.05) is 0 Å². The standard InChI is InChI=1S/C10H18O3S/c11-10(5-6-10)4-3-9-2-1-7-14(12,13)8-9/h9,11H,1-8H2. The van der Waals surface area contributed by atoms with Crippen LogP contribution in [0.2, 0.25) is 0 Å². The summed E-state index contributed by atoms with van der Waals surface area (Å²) >= 11 is 0. The number of hydrogen-bond acceptors (Lipinski definition) is 3. The second-order valence-electron chi connectivity index (χ2n) is 4.89. The molecule has 2 rings (SSSR count). The van der Waals surface area contributed by atoms with E-state index in [0.29, 0.717) is 17.4 Å². The van der Waals surface area contributed by atoms with Crippen molar-refractivity contribution in [2.24, 2.45) is 5.92 Å². The van der Waals surface area contributed by atoms with Crippen LogP contribution in [0, 0.1) is 5.92 Å². The minimum atomic E-state index is -2.76. The van der Waals surface area contributed by atoms with Gasteiger partial charge in [-0.1, -0.05) is 0 Å². The normalized spacial score (nSPS) is 33.9. The summed E-state index contributed by atoms with van der Waals surface area (Å²) in [6.07, 6.45) is 5.34. The molecule has 1 aliphatic carbocycles. The van der Waals surface area contributed by atoms with Crippen LogP contribution in [-0.4, -0.2) is 30.6 Å². The summed E-state index contributed by atoms with van der Waals surface area (Å²) < 4.78 is 22.7. The summed E-state index contributed by atoms with van der Waals surface area (Å²) in [7, 11) is -2.76. The van der Waals surface area contributed by atoms with Crippen LogP contribution in [0.3, 0.4) is 0 Å². The fraction of sp³-hybridized carbons (Fsp3) is 1.00. The molecule has 0 radical (unpaired) electrons. The Bertz CT molecular complexity index is 303. The maximum absolute atomic E-state index is 11.3. The predicted molar refractivity (Wildman–Crippen MR) is 54.8 cm³/mol. The van der Waals surface area contributed by atoms with E-state index in [1.165, 1.54) is 0 Å². The molecule has 1 saturated heterocycles. The van der Waals surface area contributed by atoms with Crippen LogP contribution in [0.15, 0.2) is 0 Å². The fourth-order valence-electron chi connectivity index (χ4n) is 2.21. The molecule has 1 atom stereocenters. The van der Waals surface area contributed by atoms with Crippen LogP contribution in [0.1, 0.15) is 38.5 Å².